The Morgan fingerprint density at radius 1 is 1.25 bits per heavy atom. The first kappa shape index (κ1) is 16.3. The summed E-state index contributed by atoms with van der Waals surface area (Å²) in [6, 6.07) is 0. The van der Waals surface area contributed by atoms with Crippen LogP contribution in [-0.2, 0) is 49.8 Å². The number of rotatable bonds is 0. The van der Waals surface area contributed by atoms with E-state index in [2.05, 4.69) is 0 Å². The Morgan fingerprint density at radius 3 is 1.25 bits per heavy atom. The molecule has 0 atom stereocenters. The summed E-state index contributed by atoms with van der Waals surface area (Å²) in [6.45, 7) is 0. The topological polar surface area (TPSA) is 17.1 Å². The van der Waals surface area contributed by atoms with E-state index in [-0.39, 0.29) is 71.3 Å². The molecule has 0 unspecified atom stereocenters. The molecule has 0 saturated heterocycles. The molecule has 0 spiro atoms. The Bertz CT molecular complexity index is 8.00. The van der Waals surface area contributed by atoms with Crippen molar-refractivity contribution in [3.05, 3.63) is 0 Å². The molecule has 4 heavy (non-hydrogen) atoms. The first-order valence-electron chi connectivity index (χ1n) is 0.289. The fourth-order valence-corrected chi connectivity index (χ4v) is 0. The van der Waals surface area contributed by atoms with Crippen LogP contribution in [0.4, 0.5) is 0 Å². The molecule has 0 aromatic carbocycles. The van der Waals surface area contributed by atoms with E-state index >= 15 is 0 Å². The van der Waals surface area contributed by atoms with Gasteiger partial charge in [-0.25, -0.2) is 0 Å². The zero-order chi connectivity index (χ0) is 2.00. The predicted octanol–water partition coefficient (Wildman–Crippen LogP) is -0.772. The van der Waals surface area contributed by atoms with Crippen molar-refractivity contribution >= 4 is 24.4 Å². The molecule has 0 radical (unpaired) electrons. The van der Waals surface area contributed by atoms with Crippen molar-refractivity contribution in [3.63, 3.8) is 0 Å². The molecule has 0 amide bonds. The summed E-state index contributed by atoms with van der Waals surface area (Å²) in [5.74, 6) is 0. The standard InChI is InChI=1S/Hf.In.O.W.H. The van der Waals surface area contributed by atoms with Crippen molar-refractivity contribution < 1.29 is 49.8 Å². The van der Waals surface area contributed by atoms with Crippen molar-refractivity contribution in [1.29, 1.82) is 0 Å². The molecule has 0 aliphatic rings. The molecule has 0 aliphatic heterocycles. The van der Waals surface area contributed by atoms with Crippen molar-refractivity contribution in [3.8, 4) is 0 Å². The molecular formula is HHfInOW. The first-order chi connectivity index (χ1) is 1.00. The molecule has 0 aliphatic carbocycles. The van der Waals surface area contributed by atoms with E-state index in [0.717, 1.165) is 0 Å². The van der Waals surface area contributed by atoms with Crippen LogP contribution < -0.4 is 0 Å². The molecule has 0 saturated carbocycles. The van der Waals surface area contributed by atoms with Crippen molar-refractivity contribution in [1.82, 2.24) is 0 Å². The van der Waals surface area contributed by atoms with Crippen LogP contribution in [0, 0.1) is 0 Å². The van der Waals surface area contributed by atoms with E-state index < -0.39 is 0 Å². The van der Waals surface area contributed by atoms with Gasteiger partial charge in [0.25, 0.3) is 0 Å². The molecule has 1 nitrogen and oxygen atoms in total. The zero-order valence-electron chi connectivity index (χ0n) is 2.02. The van der Waals surface area contributed by atoms with Crippen molar-refractivity contribution in [2.75, 3.05) is 0 Å². The third kappa shape index (κ3) is 8.87. The molecule has 4 heteroatoms. The van der Waals surface area contributed by atoms with Gasteiger partial charge in [-0.3, -0.25) is 0 Å². The first-order valence-corrected chi connectivity index (χ1v) is 1.94. The van der Waals surface area contributed by atoms with Gasteiger partial charge in [0.2, 0.25) is 0 Å². The van der Waals surface area contributed by atoms with E-state index in [1.165, 1.54) is 0 Å². The summed E-state index contributed by atoms with van der Waals surface area (Å²) in [6.07, 6.45) is 0. The Labute approximate surface area is 73.0 Å². The fraction of sp³-hybridized carbons (Fsp3) is 0. The van der Waals surface area contributed by atoms with Gasteiger partial charge in [0.15, 0.2) is 0 Å². The van der Waals surface area contributed by atoms with Crippen LogP contribution >= 0.6 is 0 Å². The molecule has 0 aromatic heterocycles. The maximum Gasteiger partial charge on any atom is 0 e. The second-order valence-corrected chi connectivity index (χ2v) is 0. The summed E-state index contributed by atoms with van der Waals surface area (Å²) in [5, 5.41) is 0. The molecule has 0 bridgehead atoms. The Hall–Kier alpha value is 2.23. The summed E-state index contributed by atoms with van der Waals surface area (Å²) in [4.78, 5) is 0. The van der Waals surface area contributed by atoms with Crippen LogP contribution in [0.15, 0.2) is 0 Å². The molecule has 0 aromatic rings. The van der Waals surface area contributed by atoms with E-state index in [0.29, 0.717) is 0 Å². The van der Waals surface area contributed by atoms with Gasteiger partial charge in [0.05, 0.1) is 0 Å². The number of hydrogen-bond acceptors (Lipinski definition) is 1. The third-order valence-corrected chi connectivity index (χ3v) is 0. The summed E-state index contributed by atoms with van der Waals surface area (Å²) < 4.78 is 8.42. The zero-order valence-corrected chi connectivity index (χ0v) is 12.6. The van der Waals surface area contributed by atoms with E-state index in [1.807, 2.05) is 0 Å². The van der Waals surface area contributed by atoms with Gasteiger partial charge >= 0.3 is 27.2 Å². The van der Waals surface area contributed by atoms with E-state index in [9.17, 15) is 0 Å². The van der Waals surface area contributed by atoms with Gasteiger partial charge in [0, 0.05) is 46.9 Å². The largest absolute Gasteiger partial charge is 0 e. The minimum atomic E-state index is -0.1000. The smallest absolute Gasteiger partial charge is 0 e. The molecule has 0 rings (SSSR count). The predicted molar refractivity (Wildman–Crippen MR) is 7.84 cm³/mol. The van der Waals surface area contributed by atoms with Gasteiger partial charge < -0.3 is 0 Å². The monoisotopic (exact) mass is 496 g/mol. The van der Waals surface area contributed by atoms with Crippen LogP contribution in [-0.4, -0.2) is 24.4 Å². The fourth-order valence-electron chi connectivity index (χ4n) is 0. The van der Waals surface area contributed by atoms with Gasteiger partial charge in [-0.15, -0.1) is 0 Å². The molecule has 0 N–H and O–H groups in total. The Kier molecular flexibility index (Phi) is 76.9. The maximum absolute atomic E-state index is 8.42. The normalized spacial score (nSPS) is 0.750. The van der Waals surface area contributed by atoms with Crippen LogP contribution in [0.25, 0.3) is 0 Å². The maximum atomic E-state index is 8.42. The van der Waals surface area contributed by atoms with Crippen LogP contribution in [0.5, 0.6) is 0 Å². The van der Waals surface area contributed by atoms with Crippen LogP contribution in [0.1, 0.15) is 0 Å². The Balaban J connectivity index is -0.00000000500. The van der Waals surface area contributed by atoms with Gasteiger partial charge in [0.1, 0.15) is 0 Å². The second-order valence-electron chi connectivity index (χ2n) is 0. The average molecular weight is 494 g/mol. The minimum Gasteiger partial charge on any atom is 0 e. The molecule has 0 heterocycles. The summed E-state index contributed by atoms with van der Waals surface area (Å²) in [5.41, 5.74) is 0. The summed E-state index contributed by atoms with van der Waals surface area (Å²) in [7, 11) is 0. The molecular weight excluding hydrogens is 493 g/mol. The van der Waals surface area contributed by atoms with Gasteiger partial charge in [-0.2, -0.15) is 0 Å². The molecule has 0 fully saturated rings. The van der Waals surface area contributed by atoms with Crippen LogP contribution in [0.3, 0.4) is 0 Å². The number of hydrogen-bond donors (Lipinski definition) is 0. The van der Waals surface area contributed by atoms with E-state index in [1.54, 1.807) is 0 Å². The summed E-state index contributed by atoms with van der Waals surface area (Å²) >= 11 is -0.1000. The van der Waals surface area contributed by atoms with Crippen molar-refractivity contribution in [2.45, 2.75) is 0 Å². The minimum absolute atomic E-state index is 0. The Morgan fingerprint density at radius 2 is 1.25 bits per heavy atom. The van der Waals surface area contributed by atoms with E-state index in [4.69, 9.17) is 2.85 Å². The SMILES string of the molecule is [Hf].[O]=[InH].[W]. The average Bonchev–Trinajstić information content (AvgIpc) is 1.00. The molecule has 20 valence electrons. The van der Waals surface area contributed by atoms with Crippen LogP contribution in [0.2, 0.25) is 0 Å². The van der Waals surface area contributed by atoms with Gasteiger partial charge in [-0.05, 0) is 0 Å². The quantitative estimate of drug-likeness (QED) is 0.405. The van der Waals surface area contributed by atoms with Gasteiger partial charge in [-0.1, -0.05) is 0 Å². The van der Waals surface area contributed by atoms with Crippen molar-refractivity contribution in [2.24, 2.45) is 0 Å². The third-order valence-electron chi connectivity index (χ3n) is 0. The second kappa shape index (κ2) is 18.8.